The van der Waals surface area contributed by atoms with Crippen molar-refractivity contribution in [3.63, 3.8) is 0 Å². The molecule has 5 heteroatoms. The summed E-state index contributed by atoms with van der Waals surface area (Å²) in [6.45, 7) is 3.59. The van der Waals surface area contributed by atoms with Crippen LogP contribution in [0.3, 0.4) is 0 Å². The zero-order valence-corrected chi connectivity index (χ0v) is 11.0. The Bertz CT molecular complexity index is 575. The van der Waals surface area contributed by atoms with Gasteiger partial charge in [-0.25, -0.2) is 4.79 Å². The summed E-state index contributed by atoms with van der Waals surface area (Å²) in [7, 11) is 1.46. The molecule has 1 heterocycles. The van der Waals surface area contributed by atoms with Crippen LogP contribution in [0.2, 0.25) is 0 Å². The molecule has 100 valence electrons. The van der Waals surface area contributed by atoms with Crippen molar-refractivity contribution in [1.82, 2.24) is 0 Å². The summed E-state index contributed by atoms with van der Waals surface area (Å²) in [5.41, 5.74) is 1.13. The number of carbonyl (C=O) groups excluding carboxylic acids is 1. The fourth-order valence-electron chi connectivity index (χ4n) is 1.90. The summed E-state index contributed by atoms with van der Waals surface area (Å²) in [6.07, 6.45) is 1.50. The quantitative estimate of drug-likeness (QED) is 0.831. The third kappa shape index (κ3) is 2.31. The minimum absolute atomic E-state index is 0.519. The van der Waals surface area contributed by atoms with Gasteiger partial charge in [-0.3, -0.25) is 9.69 Å². The largest absolute Gasteiger partial charge is 0.482 e. The van der Waals surface area contributed by atoms with E-state index in [0.29, 0.717) is 17.0 Å². The first-order valence-corrected chi connectivity index (χ1v) is 5.82. The van der Waals surface area contributed by atoms with Crippen LogP contribution < -0.4 is 9.64 Å². The van der Waals surface area contributed by atoms with Crippen molar-refractivity contribution >= 4 is 24.1 Å². The normalized spacial score (nSPS) is 15.8. The van der Waals surface area contributed by atoms with Crippen LogP contribution in [-0.4, -0.2) is 30.1 Å². The average molecular weight is 261 g/mol. The number of rotatable bonds is 2. The van der Waals surface area contributed by atoms with Gasteiger partial charge < -0.3 is 9.84 Å². The van der Waals surface area contributed by atoms with Gasteiger partial charge in [0, 0.05) is 24.3 Å². The number of fused-ring (bicyclic) bond motifs is 1. The molecule has 0 saturated carbocycles. The van der Waals surface area contributed by atoms with Gasteiger partial charge in [-0.15, -0.1) is 0 Å². The molecule has 19 heavy (non-hydrogen) atoms. The Morgan fingerprint density at radius 3 is 2.68 bits per heavy atom. The Kier molecular flexibility index (Phi) is 3.06. The number of carboxylic acid groups (broad SMARTS) is 1. The van der Waals surface area contributed by atoms with E-state index in [9.17, 15) is 9.59 Å². The highest BCUT2D eigenvalue weighted by Gasteiger charge is 2.30. The van der Waals surface area contributed by atoms with Crippen LogP contribution in [0.5, 0.6) is 5.75 Å². The first-order chi connectivity index (χ1) is 8.85. The van der Waals surface area contributed by atoms with Crippen LogP contribution in [0.4, 0.5) is 10.5 Å². The van der Waals surface area contributed by atoms with Gasteiger partial charge in [0.05, 0.1) is 5.69 Å². The van der Waals surface area contributed by atoms with Crippen molar-refractivity contribution in [2.75, 3.05) is 11.9 Å². The fourth-order valence-corrected chi connectivity index (χ4v) is 1.90. The molecule has 1 aromatic rings. The van der Waals surface area contributed by atoms with Crippen molar-refractivity contribution < 1.29 is 19.4 Å². The van der Waals surface area contributed by atoms with Gasteiger partial charge in [0.15, 0.2) is 0 Å². The molecule has 5 nitrogen and oxygen atoms in total. The lowest BCUT2D eigenvalue weighted by Crippen LogP contribution is -2.34. The van der Waals surface area contributed by atoms with Crippen LogP contribution in [0, 0.1) is 0 Å². The Morgan fingerprint density at radius 2 is 2.11 bits per heavy atom. The summed E-state index contributed by atoms with van der Waals surface area (Å²) >= 11 is 0. The van der Waals surface area contributed by atoms with Crippen LogP contribution in [-0.2, 0) is 4.79 Å². The highest BCUT2D eigenvalue weighted by molar-refractivity contribution is 5.89. The summed E-state index contributed by atoms with van der Waals surface area (Å²) in [5.74, 6) is 0.571. The molecular formula is C14H15NO4. The molecule has 0 atom stereocenters. The maximum Gasteiger partial charge on any atom is 0.411 e. The van der Waals surface area contributed by atoms with Gasteiger partial charge in [0.1, 0.15) is 17.6 Å². The smallest absolute Gasteiger partial charge is 0.411 e. The highest BCUT2D eigenvalue weighted by Crippen LogP contribution is 2.36. The minimum Gasteiger partial charge on any atom is -0.482 e. The van der Waals surface area contributed by atoms with Gasteiger partial charge in [0.2, 0.25) is 0 Å². The van der Waals surface area contributed by atoms with Crippen molar-refractivity contribution in [2.24, 2.45) is 0 Å². The van der Waals surface area contributed by atoms with Crippen molar-refractivity contribution in [1.29, 1.82) is 0 Å². The molecule has 0 saturated heterocycles. The molecule has 1 N–H and O–H groups in total. The number of amides is 1. The molecule has 0 aromatic heterocycles. The predicted octanol–water partition coefficient (Wildman–Crippen LogP) is 2.55. The second kappa shape index (κ2) is 4.42. The number of aldehydes is 1. The van der Waals surface area contributed by atoms with E-state index in [1.165, 1.54) is 7.05 Å². The number of ether oxygens (including phenoxy) is 1. The van der Waals surface area contributed by atoms with E-state index in [-0.39, 0.29) is 0 Å². The second-order valence-corrected chi connectivity index (χ2v) is 4.89. The Hall–Kier alpha value is -2.30. The highest BCUT2D eigenvalue weighted by atomic mass is 16.5. The van der Waals surface area contributed by atoms with Gasteiger partial charge in [0.25, 0.3) is 0 Å². The van der Waals surface area contributed by atoms with Crippen molar-refractivity contribution in [2.45, 2.75) is 19.4 Å². The summed E-state index contributed by atoms with van der Waals surface area (Å²) < 4.78 is 5.77. The van der Waals surface area contributed by atoms with Crippen LogP contribution in [0.25, 0.3) is 6.08 Å². The Morgan fingerprint density at radius 1 is 1.42 bits per heavy atom. The van der Waals surface area contributed by atoms with E-state index >= 15 is 0 Å². The number of nitrogens with zero attached hydrogens (tertiary/aromatic N) is 1. The van der Waals surface area contributed by atoms with Crippen LogP contribution in [0.1, 0.15) is 19.4 Å². The number of anilines is 1. The van der Waals surface area contributed by atoms with E-state index in [1.54, 1.807) is 38.1 Å². The molecule has 1 aliphatic rings. The lowest BCUT2D eigenvalue weighted by atomic mass is 9.93. The SMILES string of the molecule is CN(C(=O)O)c1ccc2c(c1)OC(C)(C)C(C=O)=C2. The zero-order valence-electron chi connectivity index (χ0n) is 11.0. The summed E-state index contributed by atoms with van der Waals surface area (Å²) in [6, 6.07) is 5.07. The molecule has 0 unspecified atom stereocenters. The molecule has 1 amide bonds. The van der Waals surface area contributed by atoms with Crippen LogP contribution in [0.15, 0.2) is 23.8 Å². The third-order valence-corrected chi connectivity index (χ3v) is 3.17. The Labute approximate surface area is 111 Å². The van der Waals surface area contributed by atoms with E-state index in [4.69, 9.17) is 9.84 Å². The molecule has 1 aromatic carbocycles. The molecule has 1 aliphatic heterocycles. The average Bonchev–Trinajstić information content (AvgIpc) is 2.35. The molecule has 0 spiro atoms. The van der Waals surface area contributed by atoms with E-state index in [0.717, 1.165) is 16.7 Å². The number of benzene rings is 1. The first kappa shape index (κ1) is 13.1. The number of hydrogen-bond acceptors (Lipinski definition) is 3. The standard InChI is InChI=1S/C14H15NO4/c1-14(2)10(8-16)6-9-4-5-11(7-12(9)19-14)15(3)13(17)18/h4-8H,1-3H3,(H,17,18). The summed E-state index contributed by atoms with van der Waals surface area (Å²) in [4.78, 5) is 23.0. The van der Waals surface area contributed by atoms with E-state index in [1.807, 2.05) is 0 Å². The number of carbonyl (C=O) groups is 2. The first-order valence-electron chi connectivity index (χ1n) is 5.82. The maximum atomic E-state index is 11.0. The maximum absolute atomic E-state index is 11.0. The summed E-state index contributed by atoms with van der Waals surface area (Å²) in [5, 5.41) is 8.95. The van der Waals surface area contributed by atoms with Crippen molar-refractivity contribution in [3.05, 3.63) is 29.3 Å². The third-order valence-electron chi connectivity index (χ3n) is 3.17. The van der Waals surface area contributed by atoms with E-state index in [2.05, 4.69) is 0 Å². The number of hydrogen-bond donors (Lipinski definition) is 1. The molecular weight excluding hydrogens is 246 g/mol. The molecule has 0 fully saturated rings. The zero-order chi connectivity index (χ0) is 14.2. The minimum atomic E-state index is -1.04. The van der Waals surface area contributed by atoms with Gasteiger partial charge in [-0.05, 0) is 32.1 Å². The monoisotopic (exact) mass is 261 g/mol. The molecule has 0 bridgehead atoms. The predicted molar refractivity (Wildman–Crippen MR) is 71.6 cm³/mol. The topological polar surface area (TPSA) is 66.8 Å². The van der Waals surface area contributed by atoms with Gasteiger partial charge in [-0.2, -0.15) is 0 Å². The molecule has 0 radical (unpaired) electrons. The van der Waals surface area contributed by atoms with Gasteiger partial charge >= 0.3 is 6.09 Å². The van der Waals surface area contributed by atoms with Crippen LogP contribution >= 0.6 is 0 Å². The molecule has 2 rings (SSSR count). The Balaban J connectivity index is 2.47. The van der Waals surface area contributed by atoms with E-state index < -0.39 is 11.7 Å². The fraction of sp³-hybridized carbons (Fsp3) is 0.286. The molecule has 0 aliphatic carbocycles. The van der Waals surface area contributed by atoms with Crippen molar-refractivity contribution in [3.8, 4) is 5.75 Å². The van der Waals surface area contributed by atoms with Gasteiger partial charge in [-0.1, -0.05) is 0 Å². The lowest BCUT2D eigenvalue weighted by Gasteiger charge is -2.32. The lowest BCUT2D eigenvalue weighted by molar-refractivity contribution is -0.106. The second-order valence-electron chi connectivity index (χ2n) is 4.89.